The molecule has 5 heteroatoms. The van der Waals surface area contributed by atoms with Crippen LogP contribution in [0.15, 0.2) is 42.5 Å². The summed E-state index contributed by atoms with van der Waals surface area (Å²) in [6.07, 6.45) is 1.45. The molecule has 1 aliphatic rings. The van der Waals surface area contributed by atoms with E-state index in [2.05, 4.69) is 5.32 Å². The van der Waals surface area contributed by atoms with Crippen LogP contribution in [0.25, 0.3) is 0 Å². The predicted molar refractivity (Wildman–Crippen MR) is 99.6 cm³/mol. The SMILES string of the molecule is Cc1cccc(NC(=O)[C@@H]2CCCN(C(=O)c3ccccc3F)C2)c1C. The smallest absolute Gasteiger partial charge is 0.256 e. The van der Waals surface area contributed by atoms with Crippen LogP contribution < -0.4 is 5.32 Å². The second kappa shape index (κ2) is 7.68. The van der Waals surface area contributed by atoms with Gasteiger partial charge in [0.2, 0.25) is 5.91 Å². The third-order valence-corrected chi connectivity index (χ3v) is 5.05. The van der Waals surface area contributed by atoms with Crippen molar-refractivity contribution >= 4 is 17.5 Å². The van der Waals surface area contributed by atoms with Gasteiger partial charge in [-0.25, -0.2) is 4.39 Å². The third-order valence-electron chi connectivity index (χ3n) is 5.05. The molecule has 0 unspecified atom stereocenters. The molecule has 0 spiro atoms. The van der Waals surface area contributed by atoms with Gasteiger partial charge in [0.15, 0.2) is 0 Å². The number of nitrogens with one attached hydrogen (secondary N) is 1. The standard InChI is InChI=1S/C21H23FN2O2/c1-14-7-5-11-19(15(14)2)23-20(25)16-8-6-12-24(13-16)21(26)17-9-3-4-10-18(17)22/h3-5,7,9-11,16H,6,8,12-13H2,1-2H3,(H,23,25)/t16-/m1/s1. The van der Waals surface area contributed by atoms with Crippen LogP contribution in [-0.4, -0.2) is 29.8 Å². The van der Waals surface area contributed by atoms with Crippen LogP contribution in [0.1, 0.15) is 34.3 Å². The molecule has 2 amide bonds. The summed E-state index contributed by atoms with van der Waals surface area (Å²) in [5.41, 5.74) is 3.01. The molecule has 1 atom stereocenters. The molecule has 1 N–H and O–H groups in total. The summed E-state index contributed by atoms with van der Waals surface area (Å²) in [6.45, 7) is 4.82. The lowest BCUT2D eigenvalue weighted by atomic mass is 9.96. The number of carbonyl (C=O) groups excluding carboxylic acids is 2. The van der Waals surface area contributed by atoms with Gasteiger partial charge in [0.1, 0.15) is 5.82 Å². The second-order valence-electron chi connectivity index (χ2n) is 6.81. The van der Waals surface area contributed by atoms with E-state index >= 15 is 0 Å². The fourth-order valence-electron chi connectivity index (χ4n) is 3.30. The van der Waals surface area contributed by atoms with Crippen molar-refractivity contribution in [2.45, 2.75) is 26.7 Å². The largest absolute Gasteiger partial charge is 0.338 e. The topological polar surface area (TPSA) is 49.4 Å². The van der Waals surface area contributed by atoms with Gasteiger partial charge in [0, 0.05) is 18.8 Å². The lowest BCUT2D eigenvalue weighted by Crippen LogP contribution is -2.44. The molecule has 1 saturated heterocycles. The van der Waals surface area contributed by atoms with Crippen molar-refractivity contribution in [2.24, 2.45) is 5.92 Å². The van der Waals surface area contributed by atoms with Crippen LogP contribution in [0.3, 0.4) is 0 Å². The zero-order valence-electron chi connectivity index (χ0n) is 15.1. The molecule has 1 fully saturated rings. The number of aryl methyl sites for hydroxylation is 1. The van der Waals surface area contributed by atoms with E-state index in [4.69, 9.17) is 0 Å². The van der Waals surface area contributed by atoms with E-state index in [0.29, 0.717) is 13.1 Å². The fourth-order valence-corrected chi connectivity index (χ4v) is 3.30. The van der Waals surface area contributed by atoms with Crippen LogP contribution >= 0.6 is 0 Å². The Morgan fingerprint density at radius 2 is 1.88 bits per heavy atom. The summed E-state index contributed by atoms with van der Waals surface area (Å²) < 4.78 is 13.9. The highest BCUT2D eigenvalue weighted by atomic mass is 19.1. The van der Waals surface area contributed by atoms with Crippen molar-refractivity contribution in [3.05, 3.63) is 65.0 Å². The van der Waals surface area contributed by atoms with Crippen molar-refractivity contribution < 1.29 is 14.0 Å². The molecule has 1 heterocycles. The Kier molecular flexibility index (Phi) is 5.35. The molecule has 0 aromatic heterocycles. The van der Waals surface area contributed by atoms with Crippen LogP contribution in [-0.2, 0) is 4.79 Å². The maximum absolute atomic E-state index is 13.9. The van der Waals surface area contributed by atoms with Gasteiger partial charge in [-0.05, 0) is 56.0 Å². The highest BCUT2D eigenvalue weighted by Crippen LogP contribution is 2.23. The number of carbonyl (C=O) groups is 2. The number of hydrogen-bond donors (Lipinski definition) is 1. The normalized spacial score (nSPS) is 17.0. The van der Waals surface area contributed by atoms with Crippen molar-refractivity contribution in [1.82, 2.24) is 4.90 Å². The molecule has 1 aliphatic heterocycles. The summed E-state index contributed by atoms with van der Waals surface area (Å²) in [6, 6.07) is 11.8. The van der Waals surface area contributed by atoms with E-state index < -0.39 is 5.82 Å². The maximum atomic E-state index is 13.9. The zero-order chi connectivity index (χ0) is 18.7. The molecule has 0 bridgehead atoms. The summed E-state index contributed by atoms with van der Waals surface area (Å²) in [5.74, 6) is -1.27. The fraction of sp³-hybridized carbons (Fsp3) is 0.333. The van der Waals surface area contributed by atoms with E-state index in [-0.39, 0.29) is 23.3 Å². The number of benzene rings is 2. The van der Waals surface area contributed by atoms with Gasteiger partial charge in [-0.1, -0.05) is 24.3 Å². The van der Waals surface area contributed by atoms with Gasteiger partial charge < -0.3 is 10.2 Å². The first-order valence-corrected chi connectivity index (χ1v) is 8.88. The molecule has 26 heavy (non-hydrogen) atoms. The van der Waals surface area contributed by atoms with Crippen LogP contribution in [0.4, 0.5) is 10.1 Å². The van der Waals surface area contributed by atoms with E-state index in [1.165, 1.54) is 12.1 Å². The Balaban J connectivity index is 1.70. The maximum Gasteiger partial charge on any atom is 0.256 e. The quantitative estimate of drug-likeness (QED) is 0.908. The number of amides is 2. The monoisotopic (exact) mass is 354 g/mol. The first-order chi connectivity index (χ1) is 12.5. The molecule has 2 aromatic carbocycles. The van der Waals surface area contributed by atoms with Crippen LogP contribution in [0.2, 0.25) is 0 Å². The number of nitrogens with zero attached hydrogens (tertiary/aromatic N) is 1. The Labute approximate surface area is 153 Å². The van der Waals surface area contributed by atoms with Crippen LogP contribution in [0, 0.1) is 25.6 Å². The van der Waals surface area contributed by atoms with E-state index in [1.807, 2.05) is 32.0 Å². The van der Waals surface area contributed by atoms with Gasteiger partial charge in [-0.2, -0.15) is 0 Å². The molecule has 3 rings (SSSR count). The number of piperidine rings is 1. The minimum Gasteiger partial charge on any atom is -0.338 e. The Bertz CT molecular complexity index is 835. The number of hydrogen-bond acceptors (Lipinski definition) is 2. The Morgan fingerprint density at radius 3 is 2.65 bits per heavy atom. The second-order valence-corrected chi connectivity index (χ2v) is 6.81. The lowest BCUT2D eigenvalue weighted by Gasteiger charge is -2.32. The molecule has 0 aliphatic carbocycles. The molecular formula is C21H23FN2O2. The Hall–Kier alpha value is -2.69. The number of anilines is 1. The summed E-state index contributed by atoms with van der Waals surface area (Å²) in [4.78, 5) is 26.9. The van der Waals surface area contributed by atoms with Crippen LogP contribution in [0.5, 0.6) is 0 Å². The summed E-state index contributed by atoms with van der Waals surface area (Å²) in [5, 5.41) is 2.98. The number of likely N-dealkylation sites (tertiary alicyclic amines) is 1. The van der Waals surface area contributed by atoms with E-state index in [0.717, 1.165) is 29.7 Å². The number of halogens is 1. The minimum absolute atomic E-state index is 0.0584. The van der Waals surface area contributed by atoms with Gasteiger partial charge >= 0.3 is 0 Å². The van der Waals surface area contributed by atoms with Gasteiger partial charge in [-0.3, -0.25) is 9.59 Å². The third kappa shape index (κ3) is 3.77. The average Bonchev–Trinajstić information content (AvgIpc) is 2.65. The van der Waals surface area contributed by atoms with Gasteiger partial charge in [0.25, 0.3) is 5.91 Å². The van der Waals surface area contributed by atoms with Crippen molar-refractivity contribution in [2.75, 3.05) is 18.4 Å². The van der Waals surface area contributed by atoms with E-state index in [9.17, 15) is 14.0 Å². The number of rotatable bonds is 3. The first kappa shape index (κ1) is 18.1. The lowest BCUT2D eigenvalue weighted by molar-refractivity contribution is -0.121. The first-order valence-electron chi connectivity index (χ1n) is 8.88. The molecule has 2 aromatic rings. The average molecular weight is 354 g/mol. The Morgan fingerprint density at radius 1 is 1.12 bits per heavy atom. The summed E-state index contributed by atoms with van der Waals surface area (Å²) >= 11 is 0. The van der Waals surface area contributed by atoms with Crippen molar-refractivity contribution in [1.29, 1.82) is 0 Å². The van der Waals surface area contributed by atoms with Crippen molar-refractivity contribution in [3.63, 3.8) is 0 Å². The molecular weight excluding hydrogens is 331 g/mol. The van der Waals surface area contributed by atoms with Gasteiger partial charge in [0.05, 0.1) is 11.5 Å². The zero-order valence-corrected chi connectivity index (χ0v) is 15.1. The minimum atomic E-state index is -0.528. The molecule has 4 nitrogen and oxygen atoms in total. The highest BCUT2D eigenvalue weighted by molar-refractivity contribution is 5.96. The molecule has 0 saturated carbocycles. The summed E-state index contributed by atoms with van der Waals surface area (Å²) in [7, 11) is 0. The van der Waals surface area contributed by atoms with E-state index in [1.54, 1.807) is 17.0 Å². The molecule has 136 valence electrons. The predicted octanol–water partition coefficient (Wildman–Crippen LogP) is 3.93. The van der Waals surface area contributed by atoms with Crippen molar-refractivity contribution in [3.8, 4) is 0 Å². The van der Waals surface area contributed by atoms with Gasteiger partial charge in [-0.15, -0.1) is 0 Å². The molecule has 0 radical (unpaired) electrons. The highest BCUT2D eigenvalue weighted by Gasteiger charge is 2.30.